The van der Waals surface area contributed by atoms with Crippen molar-refractivity contribution in [1.82, 2.24) is 25.3 Å². The van der Waals surface area contributed by atoms with E-state index in [1.54, 1.807) is 16.9 Å². The van der Waals surface area contributed by atoms with Crippen molar-refractivity contribution in [3.05, 3.63) is 35.4 Å². The van der Waals surface area contributed by atoms with E-state index in [-0.39, 0.29) is 17.9 Å². The molecule has 2 atom stereocenters. The van der Waals surface area contributed by atoms with E-state index in [1.165, 1.54) is 0 Å². The minimum absolute atomic E-state index is 0.0155. The van der Waals surface area contributed by atoms with Gasteiger partial charge in [-0.3, -0.25) is 14.6 Å². The zero-order valence-electron chi connectivity index (χ0n) is 12.9. The van der Waals surface area contributed by atoms with Crippen LogP contribution < -0.4 is 5.32 Å². The minimum atomic E-state index is -0.139. The number of aryl methyl sites for hydroxylation is 2. The molecule has 3 heterocycles. The highest BCUT2D eigenvalue weighted by atomic mass is 16.5. The monoisotopic (exact) mass is 303 g/mol. The van der Waals surface area contributed by atoms with Gasteiger partial charge in [0.2, 0.25) is 0 Å². The van der Waals surface area contributed by atoms with Crippen LogP contribution in [0.2, 0.25) is 0 Å². The number of aromatic nitrogens is 4. The van der Waals surface area contributed by atoms with Crippen LogP contribution in [0.25, 0.3) is 0 Å². The Morgan fingerprint density at radius 1 is 1.59 bits per heavy atom. The number of hydrogen-bond donors (Lipinski definition) is 2. The molecule has 0 unspecified atom stereocenters. The Labute approximate surface area is 129 Å². The molecule has 1 amide bonds. The molecule has 0 radical (unpaired) electrons. The molecule has 2 aromatic heterocycles. The molecule has 1 aliphatic heterocycles. The Bertz CT molecular complexity index is 615. The summed E-state index contributed by atoms with van der Waals surface area (Å²) < 4.78 is 7.57. The van der Waals surface area contributed by atoms with E-state index in [9.17, 15) is 4.79 Å². The largest absolute Gasteiger partial charge is 0.373 e. The van der Waals surface area contributed by atoms with E-state index in [0.717, 1.165) is 30.7 Å². The second-order valence-corrected chi connectivity index (χ2v) is 5.73. The highest BCUT2D eigenvalue weighted by molar-refractivity contribution is 5.92. The Hall–Kier alpha value is -2.15. The molecule has 0 aromatic carbocycles. The molecular formula is C15H21N5O2. The van der Waals surface area contributed by atoms with Gasteiger partial charge in [-0.15, -0.1) is 0 Å². The molecule has 7 nitrogen and oxygen atoms in total. The summed E-state index contributed by atoms with van der Waals surface area (Å²) in [6, 6.07) is 1.79. The summed E-state index contributed by atoms with van der Waals surface area (Å²) in [6.07, 6.45) is 5.66. The van der Waals surface area contributed by atoms with Crippen molar-refractivity contribution in [1.29, 1.82) is 0 Å². The summed E-state index contributed by atoms with van der Waals surface area (Å²) in [6.45, 7) is 3.25. The highest BCUT2D eigenvalue weighted by Gasteiger charge is 2.28. The second-order valence-electron chi connectivity index (χ2n) is 5.73. The second kappa shape index (κ2) is 6.31. The molecule has 2 N–H and O–H groups in total. The molecule has 1 aliphatic rings. The first-order valence-corrected chi connectivity index (χ1v) is 7.54. The fraction of sp³-hybridized carbons (Fsp3) is 0.533. The first-order chi connectivity index (χ1) is 10.6. The van der Waals surface area contributed by atoms with Gasteiger partial charge in [-0.05, 0) is 25.8 Å². The standard InChI is InChI=1S/C15H21N5O2/c1-10-6-13(19-20(10)2)15(21)16-7-11-4-3-5-22-14(11)12-8-17-18-9-12/h6,8-9,11,14H,3-5,7H2,1-2H3,(H,16,21)(H,17,18)/t11-,14+/m0/s1. The maximum absolute atomic E-state index is 12.2. The fourth-order valence-electron chi connectivity index (χ4n) is 2.82. The van der Waals surface area contributed by atoms with Crippen LogP contribution in [-0.2, 0) is 11.8 Å². The van der Waals surface area contributed by atoms with Crippen LogP contribution in [0.15, 0.2) is 18.5 Å². The highest BCUT2D eigenvalue weighted by Crippen LogP contribution is 2.32. The zero-order chi connectivity index (χ0) is 15.5. The molecular weight excluding hydrogens is 282 g/mol. The van der Waals surface area contributed by atoms with Gasteiger partial charge in [-0.1, -0.05) is 0 Å². The zero-order valence-corrected chi connectivity index (χ0v) is 12.9. The topological polar surface area (TPSA) is 84.8 Å². The number of H-pyrrole nitrogens is 1. The van der Waals surface area contributed by atoms with Crippen LogP contribution in [0, 0.1) is 12.8 Å². The SMILES string of the molecule is Cc1cc(C(=O)NC[C@@H]2CCCO[C@H]2c2cn[nH]c2)nn1C. The van der Waals surface area contributed by atoms with Gasteiger partial charge in [-0.2, -0.15) is 10.2 Å². The number of ether oxygens (including phenoxy) is 1. The van der Waals surface area contributed by atoms with Crippen LogP contribution in [0.3, 0.4) is 0 Å². The van der Waals surface area contributed by atoms with Gasteiger partial charge in [0, 0.05) is 43.6 Å². The third-order valence-corrected chi connectivity index (χ3v) is 4.16. The molecule has 2 aromatic rings. The first kappa shape index (κ1) is 14.8. The van der Waals surface area contributed by atoms with Gasteiger partial charge >= 0.3 is 0 Å². The summed E-state index contributed by atoms with van der Waals surface area (Å²) in [7, 11) is 1.83. The van der Waals surface area contributed by atoms with Crippen molar-refractivity contribution in [2.75, 3.05) is 13.2 Å². The van der Waals surface area contributed by atoms with Crippen LogP contribution in [-0.4, -0.2) is 39.0 Å². The Morgan fingerprint density at radius 3 is 3.14 bits per heavy atom. The maximum atomic E-state index is 12.2. The number of carbonyl (C=O) groups excluding carboxylic acids is 1. The number of aromatic amines is 1. The average molecular weight is 303 g/mol. The van der Waals surface area contributed by atoms with E-state index in [4.69, 9.17) is 4.74 Å². The van der Waals surface area contributed by atoms with Crippen LogP contribution in [0.4, 0.5) is 0 Å². The summed E-state index contributed by atoms with van der Waals surface area (Å²) in [5, 5.41) is 14.0. The number of hydrogen-bond acceptors (Lipinski definition) is 4. The molecule has 3 rings (SSSR count). The summed E-state index contributed by atoms with van der Waals surface area (Å²) in [5.41, 5.74) is 2.45. The van der Waals surface area contributed by atoms with Crippen molar-refractivity contribution in [2.24, 2.45) is 13.0 Å². The van der Waals surface area contributed by atoms with Crippen LogP contribution in [0.5, 0.6) is 0 Å². The van der Waals surface area contributed by atoms with Gasteiger partial charge in [0.05, 0.1) is 12.3 Å². The average Bonchev–Trinajstić information content (AvgIpc) is 3.16. The first-order valence-electron chi connectivity index (χ1n) is 7.54. The summed E-state index contributed by atoms with van der Waals surface area (Å²) in [5.74, 6) is 0.111. The quantitative estimate of drug-likeness (QED) is 0.893. The van der Waals surface area contributed by atoms with Crippen molar-refractivity contribution < 1.29 is 9.53 Å². The van der Waals surface area contributed by atoms with Crippen molar-refractivity contribution >= 4 is 5.91 Å². The Kier molecular flexibility index (Phi) is 4.24. The lowest BCUT2D eigenvalue weighted by Crippen LogP contribution is -2.35. The van der Waals surface area contributed by atoms with E-state index >= 15 is 0 Å². The van der Waals surface area contributed by atoms with Crippen molar-refractivity contribution in [2.45, 2.75) is 25.9 Å². The molecule has 0 spiro atoms. The molecule has 7 heteroatoms. The third kappa shape index (κ3) is 3.04. The van der Waals surface area contributed by atoms with Gasteiger partial charge in [0.1, 0.15) is 5.69 Å². The Balaban J connectivity index is 1.62. The molecule has 22 heavy (non-hydrogen) atoms. The van der Waals surface area contributed by atoms with Gasteiger partial charge in [-0.25, -0.2) is 0 Å². The number of nitrogens with zero attached hydrogens (tertiary/aromatic N) is 3. The van der Waals surface area contributed by atoms with E-state index < -0.39 is 0 Å². The number of amides is 1. The van der Waals surface area contributed by atoms with E-state index in [0.29, 0.717) is 12.2 Å². The van der Waals surface area contributed by atoms with Gasteiger partial charge in [0.25, 0.3) is 5.91 Å². The Morgan fingerprint density at radius 2 is 2.45 bits per heavy atom. The summed E-state index contributed by atoms with van der Waals surface area (Å²) in [4.78, 5) is 12.2. The predicted molar refractivity (Wildman–Crippen MR) is 80.3 cm³/mol. The lowest BCUT2D eigenvalue weighted by Gasteiger charge is -2.31. The van der Waals surface area contributed by atoms with Gasteiger partial charge in [0.15, 0.2) is 0 Å². The number of nitrogens with one attached hydrogen (secondary N) is 2. The lowest BCUT2D eigenvalue weighted by molar-refractivity contribution is -0.0272. The van der Waals surface area contributed by atoms with Crippen LogP contribution >= 0.6 is 0 Å². The number of rotatable bonds is 4. The van der Waals surface area contributed by atoms with E-state index in [2.05, 4.69) is 20.6 Å². The van der Waals surface area contributed by atoms with Gasteiger partial charge < -0.3 is 10.1 Å². The third-order valence-electron chi connectivity index (χ3n) is 4.16. The molecule has 0 saturated carbocycles. The number of carbonyl (C=O) groups is 1. The summed E-state index contributed by atoms with van der Waals surface area (Å²) >= 11 is 0. The van der Waals surface area contributed by atoms with Crippen molar-refractivity contribution in [3.63, 3.8) is 0 Å². The fourth-order valence-corrected chi connectivity index (χ4v) is 2.82. The van der Waals surface area contributed by atoms with E-state index in [1.807, 2.05) is 20.2 Å². The molecule has 1 saturated heterocycles. The molecule has 0 bridgehead atoms. The molecule has 0 aliphatic carbocycles. The normalized spacial score (nSPS) is 21.7. The lowest BCUT2D eigenvalue weighted by atomic mass is 9.91. The van der Waals surface area contributed by atoms with Crippen molar-refractivity contribution in [3.8, 4) is 0 Å². The maximum Gasteiger partial charge on any atom is 0.271 e. The molecule has 1 fully saturated rings. The smallest absolute Gasteiger partial charge is 0.271 e. The molecule has 118 valence electrons. The minimum Gasteiger partial charge on any atom is -0.373 e. The van der Waals surface area contributed by atoms with Crippen LogP contribution in [0.1, 0.15) is 40.7 Å². The predicted octanol–water partition coefficient (Wildman–Crippen LogP) is 1.35.